The molecule has 0 aliphatic rings. The van der Waals surface area contributed by atoms with Crippen LogP contribution in [0.2, 0.25) is 0 Å². The van der Waals surface area contributed by atoms with Gasteiger partial charge in [-0.05, 0) is 34.7 Å². The SMILES string of the molecule is COc1cc(CC(O)c2c(I)ccnc2OC)c([N+](=O)[O-])cc1C(F)(F)F. The molecule has 2 aromatic rings. The van der Waals surface area contributed by atoms with Gasteiger partial charge in [-0.15, -0.1) is 0 Å². The first-order valence-corrected chi connectivity index (χ1v) is 8.47. The molecule has 1 unspecified atom stereocenters. The van der Waals surface area contributed by atoms with Crippen molar-refractivity contribution in [3.05, 3.63) is 54.8 Å². The standard InChI is InChI=1S/C16H14F3IN2O5/c1-26-13-6-8(11(22(24)25)7-9(13)16(17,18)19)5-12(23)14-10(20)3-4-21-15(14)27-2/h3-4,6-7,12,23H,5H2,1-2H3. The van der Waals surface area contributed by atoms with Crippen molar-refractivity contribution in [2.45, 2.75) is 18.7 Å². The Morgan fingerprint density at radius 3 is 2.52 bits per heavy atom. The van der Waals surface area contributed by atoms with Crippen LogP contribution in [0.15, 0.2) is 24.4 Å². The fourth-order valence-corrected chi connectivity index (χ4v) is 3.29. The molecule has 0 amide bonds. The highest BCUT2D eigenvalue weighted by Crippen LogP contribution is 2.41. The molecule has 1 aromatic carbocycles. The van der Waals surface area contributed by atoms with Gasteiger partial charge in [0.15, 0.2) is 0 Å². The van der Waals surface area contributed by atoms with Gasteiger partial charge in [0, 0.05) is 27.8 Å². The smallest absolute Gasteiger partial charge is 0.420 e. The van der Waals surface area contributed by atoms with E-state index in [0.717, 1.165) is 13.2 Å². The minimum atomic E-state index is -4.82. The Morgan fingerprint density at radius 1 is 1.33 bits per heavy atom. The number of hydrogen-bond donors (Lipinski definition) is 1. The van der Waals surface area contributed by atoms with Crippen LogP contribution in [0.25, 0.3) is 0 Å². The lowest BCUT2D eigenvalue weighted by Gasteiger charge is -2.17. The number of halogens is 4. The number of ether oxygens (including phenoxy) is 2. The van der Waals surface area contributed by atoms with Crippen LogP contribution in [0.3, 0.4) is 0 Å². The van der Waals surface area contributed by atoms with Gasteiger partial charge in [-0.1, -0.05) is 0 Å². The predicted molar refractivity (Wildman–Crippen MR) is 96.8 cm³/mol. The number of hydrogen-bond acceptors (Lipinski definition) is 6. The van der Waals surface area contributed by atoms with Crippen LogP contribution in [-0.4, -0.2) is 29.2 Å². The Kier molecular flexibility index (Phi) is 6.46. The lowest BCUT2D eigenvalue weighted by Crippen LogP contribution is -2.12. The molecule has 0 radical (unpaired) electrons. The summed E-state index contributed by atoms with van der Waals surface area (Å²) in [6, 6.07) is 2.93. The largest absolute Gasteiger partial charge is 0.496 e. The average molecular weight is 498 g/mol. The molecule has 27 heavy (non-hydrogen) atoms. The summed E-state index contributed by atoms with van der Waals surface area (Å²) in [5.74, 6) is -0.445. The van der Waals surface area contributed by atoms with E-state index < -0.39 is 34.2 Å². The van der Waals surface area contributed by atoms with E-state index in [2.05, 4.69) is 4.98 Å². The Hall–Kier alpha value is -2.15. The molecule has 1 N–H and O–H groups in total. The molecular weight excluding hydrogens is 484 g/mol. The molecule has 0 aliphatic carbocycles. The van der Waals surface area contributed by atoms with Crippen LogP contribution in [-0.2, 0) is 12.6 Å². The maximum Gasteiger partial charge on any atom is 0.420 e. The van der Waals surface area contributed by atoms with E-state index in [-0.39, 0.29) is 23.4 Å². The van der Waals surface area contributed by atoms with Crippen molar-refractivity contribution < 1.29 is 32.7 Å². The van der Waals surface area contributed by atoms with E-state index >= 15 is 0 Å². The lowest BCUT2D eigenvalue weighted by molar-refractivity contribution is -0.385. The van der Waals surface area contributed by atoms with Crippen molar-refractivity contribution in [1.29, 1.82) is 0 Å². The highest BCUT2D eigenvalue weighted by Gasteiger charge is 2.37. The van der Waals surface area contributed by atoms with Crippen molar-refractivity contribution >= 4 is 28.3 Å². The van der Waals surface area contributed by atoms with Crippen LogP contribution in [0, 0.1) is 13.7 Å². The van der Waals surface area contributed by atoms with Gasteiger partial charge in [0.1, 0.15) is 11.3 Å². The van der Waals surface area contributed by atoms with Crippen LogP contribution in [0.1, 0.15) is 22.8 Å². The number of aliphatic hydroxyl groups excluding tert-OH is 1. The van der Waals surface area contributed by atoms with Gasteiger partial charge in [0.25, 0.3) is 5.69 Å². The predicted octanol–water partition coefficient (Wildman–Crippen LogP) is 3.91. The number of nitrogens with zero attached hydrogens (tertiary/aromatic N) is 2. The Morgan fingerprint density at radius 2 is 2.00 bits per heavy atom. The van der Waals surface area contributed by atoms with Gasteiger partial charge in [-0.2, -0.15) is 13.2 Å². The third-order valence-electron chi connectivity index (χ3n) is 3.74. The summed E-state index contributed by atoms with van der Waals surface area (Å²) in [7, 11) is 2.38. The van der Waals surface area contributed by atoms with Crippen molar-refractivity contribution in [1.82, 2.24) is 4.98 Å². The minimum Gasteiger partial charge on any atom is -0.496 e. The number of rotatable bonds is 6. The van der Waals surface area contributed by atoms with Crippen molar-refractivity contribution in [2.75, 3.05) is 14.2 Å². The van der Waals surface area contributed by atoms with Gasteiger partial charge in [0.05, 0.1) is 30.8 Å². The van der Waals surface area contributed by atoms with E-state index in [1.165, 1.54) is 13.3 Å². The van der Waals surface area contributed by atoms with Gasteiger partial charge in [-0.25, -0.2) is 4.98 Å². The molecule has 11 heteroatoms. The first-order valence-electron chi connectivity index (χ1n) is 7.39. The zero-order chi connectivity index (χ0) is 20.4. The van der Waals surface area contributed by atoms with Gasteiger partial charge in [0.2, 0.25) is 5.88 Å². The van der Waals surface area contributed by atoms with Crippen LogP contribution in [0.4, 0.5) is 18.9 Å². The number of aliphatic hydroxyl groups is 1. The molecule has 0 aliphatic heterocycles. The number of methoxy groups -OCH3 is 2. The summed E-state index contributed by atoms with van der Waals surface area (Å²) in [5.41, 5.74) is -1.85. The fourth-order valence-electron chi connectivity index (χ4n) is 2.54. The maximum absolute atomic E-state index is 13.1. The molecule has 0 bridgehead atoms. The van der Waals surface area contributed by atoms with Crippen molar-refractivity contribution in [3.63, 3.8) is 0 Å². The third-order valence-corrected chi connectivity index (χ3v) is 4.68. The molecule has 1 atom stereocenters. The van der Waals surface area contributed by atoms with Gasteiger partial charge in [-0.3, -0.25) is 10.1 Å². The molecular formula is C16H14F3IN2O5. The highest BCUT2D eigenvalue weighted by atomic mass is 127. The van der Waals surface area contributed by atoms with E-state index in [0.29, 0.717) is 9.64 Å². The zero-order valence-corrected chi connectivity index (χ0v) is 16.2. The summed E-state index contributed by atoms with van der Waals surface area (Å²) in [6.45, 7) is 0. The van der Waals surface area contributed by atoms with E-state index in [4.69, 9.17) is 9.47 Å². The summed E-state index contributed by atoms with van der Waals surface area (Å²) < 4.78 is 49.8. The van der Waals surface area contributed by atoms with E-state index in [1.807, 2.05) is 22.6 Å². The molecule has 146 valence electrons. The summed E-state index contributed by atoms with van der Waals surface area (Å²) in [4.78, 5) is 14.3. The van der Waals surface area contributed by atoms with Crippen molar-refractivity contribution in [3.8, 4) is 11.6 Å². The molecule has 0 spiro atoms. The Labute approximate surface area is 165 Å². The van der Waals surface area contributed by atoms with Gasteiger partial charge < -0.3 is 14.6 Å². The maximum atomic E-state index is 13.1. The topological polar surface area (TPSA) is 94.7 Å². The second-order valence-electron chi connectivity index (χ2n) is 5.37. The van der Waals surface area contributed by atoms with Gasteiger partial charge >= 0.3 is 6.18 Å². The number of pyridine rings is 1. The van der Waals surface area contributed by atoms with Crippen LogP contribution >= 0.6 is 22.6 Å². The quantitative estimate of drug-likeness (QED) is 0.369. The molecule has 1 aromatic heterocycles. The number of nitro benzene ring substituents is 1. The molecule has 7 nitrogen and oxygen atoms in total. The normalized spacial score (nSPS) is 12.6. The average Bonchev–Trinajstić information content (AvgIpc) is 2.59. The number of aromatic nitrogens is 1. The second kappa shape index (κ2) is 8.25. The molecule has 0 saturated carbocycles. The van der Waals surface area contributed by atoms with Crippen molar-refractivity contribution in [2.24, 2.45) is 0 Å². The summed E-state index contributed by atoms with van der Waals surface area (Å²) in [5, 5.41) is 21.8. The first kappa shape index (κ1) is 21.2. The van der Waals surface area contributed by atoms with E-state index in [9.17, 15) is 28.4 Å². The Bertz CT molecular complexity index is 861. The molecule has 0 fully saturated rings. The number of benzene rings is 1. The number of alkyl halides is 3. The zero-order valence-electron chi connectivity index (χ0n) is 14.1. The summed E-state index contributed by atoms with van der Waals surface area (Å²) >= 11 is 1.93. The molecule has 2 rings (SSSR count). The third kappa shape index (κ3) is 4.58. The highest BCUT2D eigenvalue weighted by molar-refractivity contribution is 14.1. The molecule has 0 saturated heterocycles. The minimum absolute atomic E-state index is 0.112. The number of nitro groups is 1. The fraction of sp³-hybridized carbons (Fsp3) is 0.312. The van der Waals surface area contributed by atoms with Crippen LogP contribution in [0.5, 0.6) is 11.6 Å². The lowest BCUT2D eigenvalue weighted by atomic mass is 9.98. The van der Waals surface area contributed by atoms with Crippen LogP contribution < -0.4 is 9.47 Å². The first-order chi connectivity index (χ1) is 12.6. The molecule has 1 heterocycles. The van der Waals surface area contributed by atoms with E-state index in [1.54, 1.807) is 6.07 Å². The second-order valence-corrected chi connectivity index (χ2v) is 6.53. The Balaban J connectivity index is 2.54. The monoisotopic (exact) mass is 498 g/mol. The summed E-state index contributed by atoms with van der Waals surface area (Å²) in [6.07, 6.45) is -4.99.